The molecule has 0 aliphatic carbocycles. The van der Waals surface area contributed by atoms with Crippen molar-refractivity contribution < 1.29 is 9.53 Å². The maximum absolute atomic E-state index is 12.5. The Morgan fingerprint density at radius 2 is 1.96 bits per heavy atom. The summed E-state index contributed by atoms with van der Waals surface area (Å²) in [6.45, 7) is 1.93. The van der Waals surface area contributed by atoms with Crippen molar-refractivity contribution in [3.05, 3.63) is 54.1 Å². The van der Waals surface area contributed by atoms with Crippen molar-refractivity contribution in [2.75, 3.05) is 36.7 Å². The van der Waals surface area contributed by atoms with Gasteiger partial charge >= 0.3 is 0 Å². The molecule has 2 aromatic carbocycles. The van der Waals surface area contributed by atoms with Crippen molar-refractivity contribution in [1.82, 2.24) is 0 Å². The van der Waals surface area contributed by atoms with Gasteiger partial charge in [-0.1, -0.05) is 12.1 Å². The first kappa shape index (κ1) is 16.9. The van der Waals surface area contributed by atoms with E-state index >= 15 is 0 Å². The molecular formula is C19H22N2O2S. The highest BCUT2D eigenvalue weighted by molar-refractivity contribution is 7.98. The summed E-state index contributed by atoms with van der Waals surface area (Å²) in [7, 11) is 1.76. The summed E-state index contributed by atoms with van der Waals surface area (Å²) in [6.07, 6.45) is 3.34. The topological polar surface area (TPSA) is 41.6 Å². The number of carbonyl (C=O) groups excluding carboxylic acids is 1. The molecule has 0 spiro atoms. The molecule has 3 rings (SSSR count). The van der Waals surface area contributed by atoms with E-state index in [2.05, 4.69) is 10.2 Å². The highest BCUT2D eigenvalue weighted by Gasteiger charge is 2.22. The van der Waals surface area contributed by atoms with Crippen LogP contribution in [0.3, 0.4) is 0 Å². The van der Waals surface area contributed by atoms with Crippen LogP contribution in [-0.4, -0.2) is 38.5 Å². The number of thioether (sulfide) groups is 1. The lowest BCUT2D eigenvalue weighted by atomic mass is 10.2. The predicted octanol–water partition coefficient (Wildman–Crippen LogP) is 3.89. The molecular weight excluding hydrogens is 320 g/mol. The number of hydrogen-bond donors (Lipinski definition) is 1. The van der Waals surface area contributed by atoms with E-state index in [-0.39, 0.29) is 5.91 Å². The average molecular weight is 342 g/mol. The molecule has 1 atom stereocenters. The molecule has 0 radical (unpaired) electrons. The molecule has 0 saturated carbocycles. The minimum absolute atomic E-state index is 0.0756. The monoisotopic (exact) mass is 342 g/mol. The third-order valence-electron chi connectivity index (χ3n) is 4.32. The van der Waals surface area contributed by atoms with E-state index < -0.39 is 0 Å². The van der Waals surface area contributed by atoms with Crippen LogP contribution >= 0.6 is 11.8 Å². The Labute approximate surface area is 147 Å². The smallest absolute Gasteiger partial charge is 0.256 e. The van der Waals surface area contributed by atoms with Crippen LogP contribution in [0.2, 0.25) is 0 Å². The van der Waals surface area contributed by atoms with Crippen molar-refractivity contribution >= 4 is 29.0 Å². The SMILES string of the molecule is CO[C@H]1CCN(c2ccc(NC(=O)c3ccccc3SC)cc2)C1. The van der Waals surface area contributed by atoms with Gasteiger partial charge in [0.2, 0.25) is 0 Å². The fourth-order valence-corrected chi connectivity index (χ4v) is 3.54. The molecule has 0 bridgehead atoms. The Bertz CT molecular complexity index is 703. The molecule has 0 aromatic heterocycles. The van der Waals surface area contributed by atoms with Crippen LogP contribution < -0.4 is 10.2 Å². The third-order valence-corrected chi connectivity index (χ3v) is 5.12. The predicted molar refractivity (Wildman–Crippen MR) is 100 cm³/mol. The van der Waals surface area contributed by atoms with Crippen molar-refractivity contribution in [2.24, 2.45) is 0 Å². The Hall–Kier alpha value is -1.98. The molecule has 5 heteroatoms. The lowest BCUT2D eigenvalue weighted by Crippen LogP contribution is -2.22. The van der Waals surface area contributed by atoms with Gasteiger partial charge in [0.25, 0.3) is 5.91 Å². The van der Waals surface area contributed by atoms with Gasteiger partial charge in [-0.3, -0.25) is 4.79 Å². The Morgan fingerprint density at radius 1 is 1.21 bits per heavy atom. The molecule has 1 N–H and O–H groups in total. The average Bonchev–Trinajstić information content (AvgIpc) is 3.11. The first-order valence-corrected chi connectivity index (χ1v) is 9.26. The molecule has 1 heterocycles. The summed E-state index contributed by atoms with van der Waals surface area (Å²) in [4.78, 5) is 15.8. The molecule has 24 heavy (non-hydrogen) atoms. The van der Waals surface area contributed by atoms with Gasteiger partial charge in [-0.05, 0) is 49.1 Å². The molecule has 4 nitrogen and oxygen atoms in total. The standard InChI is InChI=1S/C19H22N2O2S/c1-23-16-11-12-21(13-16)15-9-7-14(8-10-15)20-19(22)17-5-3-4-6-18(17)24-2/h3-10,16H,11-13H2,1-2H3,(H,20,22)/t16-/m0/s1. The molecule has 1 aliphatic rings. The number of ether oxygens (including phenoxy) is 1. The minimum Gasteiger partial charge on any atom is -0.380 e. The Morgan fingerprint density at radius 3 is 2.62 bits per heavy atom. The first-order chi connectivity index (χ1) is 11.7. The van der Waals surface area contributed by atoms with Crippen LogP contribution in [0.5, 0.6) is 0 Å². The number of rotatable bonds is 5. The van der Waals surface area contributed by atoms with Crippen molar-refractivity contribution in [3.63, 3.8) is 0 Å². The second kappa shape index (κ2) is 7.73. The maximum Gasteiger partial charge on any atom is 0.256 e. The molecule has 1 saturated heterocycles. The lowest BCUT2D eigenvalue weighted by molar-refractivity contribution is 0.102. The number of methoxy groups -OCH3 is 1. The highest BCUT2D eigenvalue weighted by Crippen LogP contribution is 2.25. The van der Waals surface area contributed by atoms with Gasteiger partial charge in [0, 0.05) is 36.5 Å². The number of carbonyl (C=O) groups is 1. The zero-order valence-corrected chi connectivity index (χ0v) is 14.8. The van der Waals surface area contributed by atoms with Crippen LogP contribution in [-0.2, 0) is 4.74 Å². The second-order valence-corrected chi connectivity index (χ2v) is 6.64. The number of amides is 1. The molecule has 1 aliphatic heterocycles. The van der Waals surface area contributed by atoms with Crippen LogP contribution in [0.25, 0.3) is 0 Å². The van der Waals surface area contributed by atoms with Gasteiger partial charge in [0.05, 0.1) is 11.7 Å². The minimum atomic E-state index is -0.0756. The number of nitrogens with zero attached hydrogens (tertiary/aromatic N) is 1. The largest absolute Gasteiger partial charge is 0.380 e. The van der Waals surface area contributed by atoms with Crippen molar-refractivity contribution in [2.45, 2.75) is 17.4 Å². The van der Waals surface area contributed by atoms with Gasteiger partial charge in [-0.25, -0.2) is 0 Å². The van der Waals surface area contributed by atoms with E-state index in [0.29, 0.717) is 11.7 Å². The van der Waals surface area contributed by atoms with Crippen molar-refractivity contribution in [1.29, 1.82) is 0 Å². The zero-order chi connectivity index (χ0) is 16.9. The lowest BCUT2D eigenvalue weighted by Gasteiger charge is -2.18. The van der Waals surface area contributed by atoms with E-state index in [0.717, 1.165) is 35.8 Å². The van der Waals surface area contributed by atoms with Crippen LogP contribution in [0, 0.1) is 0 Å². The second-order valence-electron chi connectivity index (χ2n) is 5.79. The third kappa shape index (κ3) is 3.74. The molecule has 126 valence electrons. The van der Waals surface area contributed by atoms with E-state index in [4.69, 9.17) is 4.74 Å². The number of hydrogen-bond acceptors (Lipinski definition) is 4. The Kier molecular flexibility index (Phi) is 5.43. The Balaban J connectivity index is 1.67. The van der Waals surface area contributed by atoms with Gasteiger partial charge in [0.15, 0.2) is 0 Å². The van der Waals surface area contributed by atoms with Gasteiger partial charge in [0.1, 0.15) is 0 Å². The number of benzene rings is 2. The molecule has 0 unspecified atom stereocenters. The molecule has 1 amide bonds. The molecule has 1 fully saturated rings. The fraction of sp³-hybridized carbons (Fsp3) is 0.316. The quantitative estimate of drug-likeness (QED) is 0.837. The first-order valence-electron chi connectivity index (χ1n) is 8.03. The van der Waals surface area contributed by atoms with Crippen LogP contribution in [0.4, 0.5) is 11.4 Å². The summed E-state index contributed by atoms with van der Waals surface area (Å²) in [5.74, 6) is -0.0756. The van der Waals surface area contributed by atoms with E-state index in [1.54, 1.807) is 18.9 Å². The summed E-state index contributed by atoms with van der Waals surface area (Å²) in [6, 6.07) is 15.7. The summed E-state index contributed by atoms with van der Waals surface area (Å²) >= 11 is 1.58. The maximum atomic E-state index is 12.5. The molecule has 2 aromatic rings. The van der Waals surface area contributed by atoms with Gasteiger partial charge in [-0.2, -0.15) is 0 Å². The van der Waals surface area contributed by atoms with E-state index in [1.165, 1.54) is 0 Å². The van der Waals surface area contributed by atoms with Crippen LogP contribution in [0.1, 0.15) is 16.8 Å². The normalized spacial score (nSPS) is 17.1. The van der Waals surface area contributed by atoms with Crippen molar-refractivity contribution in [3.8, 4) is 0 Å². The zero-order valence-electron chi connectivity index (χ0n) is 14.0. The van der Waals surface area contributed by atoms with Crippen LogP contribution in [0.15, 0.2) is 53.4 Å². The summed E-state index contributed by atoms with van der Waals surface area (Å²) < 4.78 is 5.41. The number of anilines is 2. The van der Waals surface area contributed by atoms with Gasteiger partial charge < -0.3 is 15.0 Å². The van der Waals surface area contributed by atoms with E-state index in [9.17, 15) is 4.79 Å². The number of nitrogens with one attached hydrogen (secondary N) is 1. The van der Waals surface area contributed by atoms with E-state index in [1.807, 2.05) is 54.8 Å². The fourth-order valence-electron chi connectivity index (χ4n) is 2.94. The summed E-state index contributed by atoms with van der Waals surface area (Å²) in [5, 5.41) is 2.98. The van der Waals surface area contributed by atoms with Gasteiger partial charge in [-0.15, -0.1) is 11.8 Å². The summed E-state index contributed by atoms with van der Waals surface area (Å²) in [5.41, 5.74) is 2.68. The highest BCUT2D eigenvalue weighted by atomic mass is 32.2.